The highest BCUT2D eigenvalue weighted by Crippen LogP contribution is 2.20. The summed E-state index contributed by atoms with van der Waals surface area (Å²) in [6, 6.07) is 5.42. The van der Waals surface area contributed by atoms with Gasteiger partial charge in [0.05, 0.1) is 30.4 Å². The Morgan fingerprint density at radius 2 is 2.37 bits per heavy atom. The Hall–Kier alpha value is -2.21. The van der Waals surface area contributed by atoms with Gasteiger partial charge in [-0.2, -0.15) is 5.10 Å². The molecule has 0 aliphatic rings. The van der Waals surface area contributed by atoms with Crippen molar-refractivity contribution in [3.05, 3.63) is 46.7 Å². The lowest BCUT2D eigenvalue weighted by molar-refractivity contribution is 0.318. The Morgan fingerprint density at radius 3 is 2.95 bits per heavy atom. The lowest BCUT2D eigenvalue weighted by Crippen LogP contribution is -2.15. The minimum Gasteiger partial charge on any atom is -0.496 e. The van der Waals surface area contributed by atoms with Crippen LogP contribution in [0.2, 0.25) is 5.02 Å². The molecule has 2 rings (SSSR count). The van der Waals surface area contributed by atoms with Gasteiger partial charge in [-0.15, -0.1) is 0 Å². The van der Waals surface area contributed by atoms with E-state index in [0.717, 1.165) is 5.56 Å². The van der Waals surface area contributed by atoms with E-state index in [4.69, 9.17) is 27.3 Å². The van der Waals surface area contributed by atoms with E-state index >= 15 is 0 Å². The number of rotatable bonds is 4. The summed E-state index contributed by atoms with van der Waals surface area (Å²) in [7, 11) is 1.52. The van der Waals surface area contributed by atoms with Gasteiger partial charge in [0.1, 0.15) is 5.75 Å². The van der Waals surface area contributed by atoms with Crippen LogP contribution in [0.4, 0.5) is 0 Å². The number of hydrogen-bond acceptors (Lipinski definition) is 4. The number of nitrogens with zero attached hydrogens (tertiary/aromatic N) is 3. The Balaban J connectivity index is 2.32. The third-order valence-electron chi connectivity index (χ3n) is 2.59. The average molecular weight is 281 g/mol. The van der Waals surface area contributed by atoms with E-state index in [9.17, 15) is 0 Å². The van der Waals surface area contributed by atoms with Crippen LogP contribution in [0, 0.1) is 0 Å². The monoisotopic (exact) mass is 280 g/mol. The lowest BCUT2D eigenvalue weighted by Gasteiger charge is -2.09. The van der Waals surface area contributed by atoms with Crippen LogP contribution in [0.3, 0.4) is 0 Å². The average Bonchev–Trinajstić information content (AvgIpc) is 2.83. The molecular formula is C12H13ClN4O2. The van der Waals surface area contributed by atoms with E-state index in [0.29, 0.717) is 22.9 Å². The molecule has 0 fully saturated rings. The Bertz CT molecular complexity index is 610. The van der Waals surface area contributed by atoms with Crippen LogP contribution in [-0.4, -0.2) is 27.9 Å². The Labute approximate surface area is 115 Å². The molecule has 1 aromatic heterocycles. The molecule has 0 aliphatic heterocycles. The number of ether oxygens (including phenoxy) is 1. The fourth-order valence-corrected chi connectivity index (χ4v) is 1.88. The second kappa shape index (κ2) is 5.62. The second-order valence-electron chi connectivity index (χ2n) is 3.88. The molecule has 19 heavy (non-hydrogen) atoms. The molecule has 0 atom stereocenters. The maximum atomic E-state index is 8.76. The molecule has 0 radical (unpaired) electrons. The molecule has 0 saturated heterocycles. The molecule has 0 aliphatic carbocycles. The maximum Gasteiger partial charge on any atom is 0.173 e. The highest BCUT2D eigenvalue weighted by atomic mass is 35.5. The van der Waals surface area contributed by atoms with Gasteiger partial charge in [-0.05, 0) is 17.7 Å². The largest absolute Gasteiger partial charge is 0.496 e. The molecule has 0 amide bonds. The number of aromatic nitrogens is 2. The first-order valence-corrected chi connectivity index (χ1v) is 5.84. The second-order valence-corrected chi connectivity index (χ2v) is 4.31. The predicted octanol–water partition coefficient (Wildman–Crippen LogP) is 1.69. The number of nitrogens with two attached hydrogens (primary N) is 1. The zero-order valence-corrected chi connectivity index (χ0v) is 11.0. The minimum atomic E-state index is -0.00259. The van der Waals surface area contributed by atoms with Crippen LogP contribution in [0.25, 0.3) is 0 Å². The van der Waals surface area contributed by atoms with Crippen molar-refractivity contribution in [2.75, 3.05) is 7.11 Å². The first kappa shape index (κ1) is 13.2. The normalized spacial score (nSPS) is 11.6. The minimum absolute atomic E-state index is 0.00259. The third kappa shape index (κ3) is 2.97. The van der Waals surface area contributed by atoms with Gasteiger partial charge >= 0.3 is 0 Å². The first-order valence-electron chi connectivity index (χ1n) is 5.47. The fraction of sp³-hybridized carbons (Fsp3) is 0.167. The van der Waals surface area contributed by atoms with Crippen LogP contribution >= 0.6 is 11.6 Å². The molecule has 100 valence electrons. The van der Waals surface area contributed by atoms with Gasteiger partial charge in [0.2, 0.25) is 0 Å². The van der Waals surface area contributed by atoms with Crippen molar-refractivity contribution in [1.82, 2.24) is 9.78 Å². The highest BCUT2D eigenvalue weighted by molar-refractivity contribution is 6.30. The summed E-state index contributed by atoms with van der Waals surface area (Å²) in [5, 5.41) is 16.4. The van der Waals surface area contributed by atoms with Crippen LogP contribution in [-0.2, 0) is 6.54 Å². The van der Waals surface area contributed by atoms with Crippen LogP contribution in [0.5, 0.6) is 5.75 Å². The molecule has 0 spiro atoms. The van der Waals surface area contributed by atoms with Gasteiger partial charge in [-0.3, -0.25) is 4.68 Å². The molecule has 2 aromatic rings. The standard InChI is InChI=1S/C12H13ClN4O2/c1-19-11-3-2-8(4-10(11)12(14)16-18)6-17-7-9(13)5-15-17/h2-5,7,18H,6H2,1H3,(H2,14,16). The van der Waals surface area contributed by atoms with Gasteiger partial charge in [0, 0.05) is 6.20 Å². The highest BCUT2D eigenvalue weighted by Gasteiger charge is 2.09. The summed E-state index contributed by atoms with van der Waals surface area (Å²) >= 11 is 5.80. The molecule has 0 unspecified atom stereocenters. The van der Waals surface area contributed by atoms with Crippen molar-refractivity contribution in [3.63, 3.8) is 0 Å². The molecule has 0 saturated carbocycles. The van der Waals surface area contributed by atoms with E-state index in [2.05, 4.69) is 10.3 Å². The number of oxime groups is 1. The molecule has 1 aromatic carbocycles. The third-order valence-corrected chi connectivity index (χ3v) is 2.79. The number of amidine groups is 1. The summed E-state index contributed by atoms with van der Waals surface area (Å²) in [6.07, 6.45) is 3.28. The maximum absolute atomic E-state index is 8.76. The van der Waals surface area contributed by atoms with Gasteiger partial charge in [-0.25, -0.2) is 0 Å². The number of methoxy groups -OCH3 is 1. The summed E-state index contributed by atoms with van der Waals surface area (Å²) < 4.78 is 6.86. The van der Waals surface area contributed by atoms with Crippen molar-refractivity contribution >= 4 is 17.4 Å². The topological polar surface area (TPSA) is 85.7 Å². The summed E-state index contributed by atoms with van der Waals surface area (Å²) in [5.74, 6) is 0.537. The SMILES string of the molecule is COc1ccc(Cn2cc(Cl)cn2)cc1C(N)=NO. The smallest absolute Gasteiger partial charge is 0.173 e. The molecule has 6 nitrogen and oxygen atoms in total. The summed E-state index contributed by atoms with van der Waals surface area (Å²) in [5.41, 5.74) is 7.07. The molecule has 1 heterocycles. The number of halogens is 1. The molecule has 0 bridgehead atoms. The quantitative estimate of drug-likeness (QED) is 0.386. The van der Waals surface area contributed by atoms with Crippen LogP contribution in [0.1, 0.15) is 11.1 Å². The molecular weight excluding hydrogens is 268 g/mol. The van der Waals surface area contributed by atoms with E-state index in [1.807, 2.05) is 6.07 Å². The summed E-state index contributed by atoms with van der Waals surface area (Å²) in [6.45, 7) is 0.530. The van der Waals surface area contributed by atoms with Crippen molar-refractivity contribution in [3.8, 4) is 5.75 Å². The van der Waals surface area contributed by atoms with Crippen LogP contribution in [0.15, 0.2) is 35.7 Å². The van der Waals surface area contributed by atoms with Crippen molar-refractivity contribution in [2.45, 2.75) is 6.54 Å². The van der Waals surface area contributed by atoms with Crippen LogP contribution < -0.4 is 10.5 Å². The summed E-state index contributed by atoms with van der Waals surface area (Å²) in [4.78, 5) is 0. The van der Waals surface area contributed by atoms with E-state index in [1.165, 1.54) is 7.11 Å². The van der Waals surface area contributed by atoms with Crippen molar-refractivity contribution < 1.29 is 9.94 Å². The van der Waals surface area contributed by atoms with E-state index < -0.39 is 0 Å². The molecule has 3 N–H and O–H groups in total. The fourth-order valence-electron chi connectivity index (χ4n) is 1.72. The van der Waals surface area contributed by atoms with Crippen molar-refractivity contribution in [2.24, 2.45) is 10.9 Å². The zero-order valence-electron chi connectivity index (χ0n) is 10.2. The van der Waals surface area contributed by atoms with Gasteiger partial charge < -0.3 is 15.7 Å². The predicted molar refractivity (Wildman–Crippen MR) is 71.8 cm³/mol. The zero-order chi connectivity index (χ0) is 13.8. The van der Waals surface area contributed by atoms with E-state index in [-0.39, 0.29) is 5.84 Å². The van der Waals surface area contributed by atoms with Gasteiger partial charge in [0.25, 0.3) is 0 Å². The van der Waals surface area contributed by atoms with Crippen molar-refractivity contribution in [1.29, 1.82) is 0 Å². The molecule has 7 heteroatoms. The first-order chi connectivity index (χ1) is 9.13. The number of benzene rings is 1. The lowest BCUT2D eigenvalue weighted by atomic mass is 10.1. The Kier molecular flexibility index (Phi) is 3.91. The van der Waals surface area contributed by atoms with E-state index in [1.54, 1.807) is 29.2 Å². The Morgan fingerprint density at radius 1 is 1.58 bits per heavy atom. The van der Waals surface area contributed by atoms with Gasteiger partial charge in [0.15, 0.2) is 5.84 Å². The van der Waals surface area contributed by atoms with Gasteiger partial charge in [-0.1, -0.05) is 22.8 Å². The number of hydrogen-bond donors (Lipinski definition) is 2.